The number of allylic oxidation sites excluding steroid dienone is 1. The zero-order valence-corrected chi connectivity index (χ0v) is 6.63. The van der Waals surface area contributed by atoms with Crippen LogP contribution in [0.5, 0.6) is 0 Å². The zero-order valence-electron chi connectivity index (χ0n) is 6.63. The highest BCUT2D eigenvalue weighted by Crippen LogP contribution is 2.19. The fraction of sp³-hybridized carbons (Fsp3) is 0.375. The molecule has 2 rings (SSSR count). The molecule has 0 aromatic carbocycles. The number of nitrogens with zero attached hydrogens (tertiary/aromatic N) is 3. The van der Waals surface area contributed by atoms with Crippen molar-refractivity contribution >= 4 is 5.57 Å². The average Bonchev–Trinajstić information content (AvgIpc) is 2.75. The highest BCUT2D eigenvalue weighted by molar-refractivity contribution is 5.79. The third-order valence-electron chi connectivity index (χ3n) is 1.61. The van der Waals surface area contributed by atoms with Gasteiger partial charge in [-0.3, -0.25) is 0 Å². The standard InChI is InChI=1S/C8H9N3/c1-3-11-8(7-4-5-7)9-6(2)10-11/h4H,3H2,1-2H3. The van der Waals surface area contributed by atoms with E-state index in [1.807, 2.05) is 17.7 Å². The minimum Gasteiger partial charge on any atom is -0.245 e. The molecule has 0 radical (unpaired) electrons. The molecule has 1 heterocycles. The van der Waals surface area contributed by atoms with Crippen LogP contribution < -0.4 is 0 Å². The van der Waals surface area contributed by atoms with Crippen LogP contribution in [0.2, 0.25) is 0 Å². The molecule has 1 aromatic heterocycles. The lowest BCUT2D eigenvalue weighted by atomic mass is 10.4. The summed E-state index contributed by atoms with van der Waals surface area (Å²) in [7, 11) is 0. The van der Waals surface area contributed by atoms with Crippen LogP contribution in [0.3, 0.4) is 0 Å². The maximum Gasteiger partial charge on any atom is 0.166 e. The van der Waals surface area contributed by atoms with Crippen molar-refractivity contribution in [3.63, 3.8) is 0 Å². The van der Waals surface area contributed by atoms with Crippen LogP contribution in [-0.2, 0) is 6.54 Å². The second-order valence-electron chi connectivity index (χ2n) is 2.50. The summed E-state index contributed by atoms with van der Waals surface area (Å²) in [6.45, 7) is 4.83. The second kappa shape index (κ2) is 2.07. The SMILES string of the molecule is CCn1nc(C)nc1C1=C=C1. The Kier molecular flexibility index (Phi) is 1.20. The van der Waals surface area contributed by atoms with Crippen LogP contribution in [0.1, 0.15) is 18.6 Å². The van der Waals surface area contributed by atoms with E-state index in [0.717, 1.165) is 23.8 Å². The topological polar surface area (TPSA) is 30.7 Å². The molecular formula is C8H9N3. The number of aryl methyl sites for hydroxylation is 2. The van der Waals surface area contributed by atoms with E-state index in [2.05, 4.69) is 22.7 Å². The Hall–Kier alpha value is -1.34. The first kappa shape index (κ1) is 6.38. The van der Waals surface area contributed by atoms with Gasteiger partial charge in [-0.2, -0.15) is 5.10 Å². The highest BCUT2D eigenvalue weighted by Gasteiger charge is 2.12. The van der Waals surface area contributed by atoms with Gasteiger partial charge in [0.25, 0.3) is 0 Å². The van der Waals surface area contributed by atoms with Gasteiger partial charge in [0.2, 0.25) is 0 Å². The van der Waals surface area contributed by atoms with Crippen LogP contribution in [0.25, 0.3) is 5.57 Å². The predicted octanol–water partition coefficient (Wildman–Crippen LogP) is 1.16. The van der Waals surface area contributed by atoms with Crippen LogP contribution >= 0.6 is 0 Å². The molecule has 0 amide bonds. The molecule has 3 heteroatoms. The lowest BCUT2D eigenvalue weighted by Crippen LogP contribution is -2.00. The lowest BCUT2D eigenvalue weighted by molar-refractivity contribution is 0.645. The van der Waals surface area contributed by atoms with Crippen LogP contribution in [0.15, 0.2) is 11.8 Å². The molecule has 0 unspecified atom stereocenters. The number of hydrogen-bond acceptors (Lipinski definition) is 2. The van der Waals surface area contributed by atoms with E-state index in [4.69, 9.17) is 0 Å². The first-order chi connectivity index (χ1) is 5.31. The Balaban J connectivity index is 2.43. The van der Waals surface area contributed by atoms with Crippen LogP contribution in [0.4, 0.5) is 0 Å². The number of hydrogen-bond donors (Lipinski definition) is 0. The summed E-state index contributed by atoms with van der Waals surface area (Å²) in [5.41, 5.74) is 4.10. The van der Waals surface area contributed by atoms with Gasteiger partial charge in [0.1, 0.15) is 5.82 Å². The van der Waals surface area contributed by atoms with Gasteiger partial charge in [-0.05, 0) is 19.9 Å². The third-order valence-corrected chi connectivity index (χ3v) is 1.61. The molecular weight excluding hydrogens is 138 g/mol. The molecule has 56 valence electrons. The van der Waals surface area contributed by atoms with E-state index in [0.29, 0.717) is 0 Å². The summed E-state index contributed by atoms with van der Waals surface area (Å²) >= 11 is 0. The van der Waals surface area contributed by atoms with Crippen LogP contribution in [0, 0.1) is 6.92 Å². The van der Waals surface area contributed by atoms with Gasteiger partial charge in [0, 0.05) is 6.54 Å². The molecule has 3 nitrogen and oxygen atoms in total. The molecule has 11 heavy (non-hydrogen) atoms. The van der Waals surface area contributed by atoms with Crippen molar-refractivity contribution in [2.75, 3.05) is 0 Å². The zero-order chi connectivity index (χ0) is 7.84. The minimum atomic E-state index is 0.830. The largest absolute Gasteiger partial charge is 0.245 e. The molecule has 0 aliphatic heterocycles. The van der Waals surface area contributed by atoms with Crippen molar-refractivity contribution in [3.8, 4) is 0 Å². The van der Waals surface area contributed by atoms with Crippen molar-refractivity contribution in [1.29, 1.82) is 0 Å². The minimum absolute atomic E-state index is 0.830. The molecule has 0 fully saturated rings. The van der Waals surface area contributed by atoms with E-state index in [1.54, 1.807) is 0 Å². The first-order valence-corrected chi connectivity index (χ1v) is 3.70. The van der Waals surface area contributed by atoms with Gasteiger partial charge >= 0.3 is 0 Å². The van der Waals surface area contributed by atoms with E-state index in [-0.39, 0.29) is 0 Å². The highest BCUT2D eigenvalue weighted by atomic mass is 15.3. The van der Waals surface area contributed by atoms with E-state index < -0.39 is 0 Å². The molecule has 1 aliphatic carbocycles. The van der Waals surface area contributed by atoms with Crippen molar-refractivity contribution in [1.82, 2.24) is 14.8 Å². The summed E-state index contributed by atoms with van der Waals surface area (Å²) < 4.78 is 1.89. The molecule has 0 bridgehead atoms. The Bertz CT molecular complexity index is 353. The van der Waals surface area contributed by atoms with Gasteiger partial charge < -0.3 is 0 Å². The number of aromatic nitrogens is 3. The monoisotopic (exact) mass is 147 g/mol. The molecule has 1 aromatic rings. The van der Waals surface area contributed by atoms with E-state index >= 15 is 0 Å². The number of rotatable bonds is 2. The summed E-state index contributed by atoms with van der Waals surface area (Å²) in [5.74, 6) is 1.78. The molecule has 1 aliphatic rings. The Morgan fingerprint density at radius 2 is 2.36 bits per heavy atom. The van der Waals surface area contributed by atoms with Crippen LogP contribution in [-0.4, -0.2) is 14.8 Å². The molecule has 0 saturated heterocycles. The van der Waals surface area contributed by atoms with Gasteiger partial charge in [-0.25, -0.2) is 9.67 Å². The van der Waals surface area contributed by atoms with Gasteiger partial charge in [-0.15, -0.1) is 5.73 Å². The molecule has 0 N–H and O–H groups in total. The van der Waals surface area contributed by atoms with Gasteiger partial charge in [-0.1, -0.05) is 0 Å². The fourth-order valence-corrected chi connectivity index (χ4v) is 1.04. The Morgan fingerprint density at radius 1 is 1.64 bits per heavy atom. The van der Waals surface area contributed by atoms with Crippen molar-refractivity contribution in [3.05, 3.63) is 23.5 Å². The lowest BCUT2D eigenvalue weighted by Gasteiger charge is -1.95. The predicted molar refractivity (Wildman–Crippen MR) is 41.9 cm³/mol. The van der Waals surface area contributed by atoms with Gasteiger partial charge in [0.15, 0.2) is 5.82 Å². The Labute approximate surface area is 65.1 Å². The fourth-order valence-electron chi connectivity index (χ4n) is 1.04. The quantitative estimate of drug-likeness (QED) is 0.588. The summed E-state index contributed by atoms with van der Waals surface area (Å²) in [5, 5.41) is 4.22. The van der Waals surface area contributed by atoms with E-state index in [1.165, 1.54) is 0 Å². The first-order valence-electron chi connectivity index (χ1n) is 3.70. The maximum atomic E-state index is 4.26. The van der Waals surface area contributed by atoms with Crippen molar-refractivity contribution in [2.24, 2.45) is 0 Å². The molecule has 0 saturated carbocycles. The smallest absolute Gasteiger partial charge is 0.166 e. The second-order valence-corrected chi connectivity index (χ2v) is 2.50. The molecule has 0 spiro atoms. The van der Waals surface area contributed by atoms with E-state index in [9.17, 15) is 0 Å². The summed E-state index contributed by atoms with van der Waals surface area (Å²) in [6.07, 6.45) is 1.93. The molecule has 0 atom stereocenters. The normalized spacial score (nSPS) is 13.5. The third kappa shape index (κ3) is 0.994. The average molecular weight is 147 g/mol. The summed E-state index contributed by atoms with van der Waals surface area (Å²) in [6, 6.07) is 0. The van der Waals surface area contributed by atoms with Crippen molar-refractivity contribution in [2.45, 2.75) is 20.4 Å². The summed E-state index contributed by atoms with van der Waals surface area (Å²) in [4.78, 5) is 4.26. The Morgan fingerprint density at radius 3 is 2.91 bits per heavy atom. The maximum absolute atomic E-state index is 4.26. The van der Waals surface area contributed by atoms with Crippen molar-refractivity contribution < 1.29 is 0 Å². The van der Waals surface area contributed by atoms with Gasteiger partial charge in [0.05, 0.1) is 5.57 Å².